The van der Waals surface area contributed by atoms with Crippen molar-refractivity contribution in [2.75, 3.05) is 6.61 Å². The van der Waals surface area contributed by atoms with Crippen LogP contribution in [0.2, 0.25) is 0 Å². The van der Waals surface area contributed by atoms with Crippen LogP contribution < -0.4 is 0 Å². The van der Waals surface area contributed by atoms with Gasteiger partial charge in [0.1, 0.15) is 5.82 Å². The molecule has 2 nitrogen and oxygen atoms in total. The average molecular weight is 266 g/mol. The van der Waals surface area contributed by atoms with Crippen LogP contribution in [0.5, 0.6) is 0 Å². The van der Waals surface area contributed by atoms with Gasteiger partial charge in [0.25, 0.3) is 0 Å². The zero-order valence-corrected chi connectivity index (χ0v) is 11.6. The van der Waals surface area contributed by atoms with Gasteiger partial charge in [0.15, 0.2) is 0 Å². The summed E-state index contributed by atoms with van der Waals surface area (Å²) in [5.74, 6) is -0.243. The Bertz CT molecular complexity index is 397. The molecule has 0 radical (unpaired) electrons. The highest BCUT2D eigenvalue weighted by Gasteiger charge is 2.22. The highest BCUT2D eigenvalue weighted by atomic mass is 19.1. The van der Waals surface area contributed by atoms with Crippen molar-refractivity contribution in [1.29, 1.82) is 0 Å². The Kier molecular flexibility index (Phi) is 4.94. The first-order valence-electron chi connectivity index (χ1n) is 7.14. The van der Waals surface area contributed by atoms with Crippen molar-refractivity contribution in [2.24, 2.45) is 0 Å². The van der Waals surface area contributed by atoms with Crippen molar-refractivity contribution in [3.05, 3.63) is 35.6 Å². The van der Waals surface area contributed by atoms with E-state index < -0.39 is 5.60 Å². The first-order chi connectivity index (χ1) is 9.05. The standard InChI is InChI=1S/C16H23FO2/c1-16(18,9-3-7-15-8-4-10-19-15)12-13-5-2-6-14(17)11-13/h2,5-6,11,15,18H,3-4,7-10,12H2,1H3. The fourth-order valence-corrected chi connectivity index (χ4v) is 2.76. The maximum absolute atomic E-state index is 13.1. The van der Waals surface area contributed by atoms with Crippen LogP contribution in [0.15, 0.2) is 24.3 Å². The lowest BCUT2D eigenvalue weighted by molar-refractivity contribution is 0.0406. The van der Waals surface area contributed by atoms with Gasteiger partial charge in [-0.1, -0.05) is 12.1 Å². The normalized spacial score (nSPS) is 22.4. The van der Waals surface area contributed by atoms with Gasteiger partial charge in [-0.05, 0) is 56.7 Å². The quantitative estimate of drug-likeness (QED) is 0.854. The van der Waals surface area contributed by atoms with Crippen LogP contribution in [0.25, 0.3) is 0 Å². The van der Waals surface area contributed by atoms with Gasteiger partial charge in [-0.3, -0.25) is 0 Å². The second-order valence-electron chi connectivity index (χ2n) is 5.83. The molecule has 1 aromatic rings. The molecule has 2 atom stereocenters. The maximum atomic E-state index is 13.1. The predicted molar refractivity (Wildman–Crippen MR) is 73.6 cm³/mol. The van der Waals surface area contributed by atoms with Gasteiger partial charge in [-0.25, -0.2) is 4.39 Å². The van der Waals surface area contributed by atoms with E-state index in [-0.39, 0.29) is 5.82 Å². The van der Waals surface area contributed by atoms with Crippen molar-refractivity contribution in [2.45, 2.75) is 57.2 Å². The molecule has 0 aromatic heterocycles. The Morgan fingerprint density at radius 1 is 1.47 bits per heavy atom. The fraction of sp³-hybridized carbons (Fsp3) is 0.625. The first-order valence-corrected chi connectivity index (χ1v) is 7.14. The van der Waals surface area contributed by atoms with Crippen LogP contribution in [0.3, 0.4) is 0 Å². The molecule has 0 bridgehead atoms. The molecule has 1 fully saturated rings. The summed E-state index contributed by atoms with van der Waals surface area (Å²) in [6.07, 6.45) is 5.87. The largest absolute Gasteiger partial charge is 0.390 e. The van der Waals surface area contributed by atoms with E-state index >= 15 is 0 Å². The Morgan fingerprint density at radius 3 is 3.00 bits per heavy atom. The van der Waals surface area contributed by atoms with E-state index in [1.54, 1.807) is 6.07 Å². The zero-order valence-electron chi connectivity index (χ0n) is 11.6. The number of rotatable bonds is 6. The summed E-state index contributed by atoms with van der Waals surface area (Å²) >= 11 is 0. The molecule has 106 valence electrons. The molecular weight excluding hydrogens is 243 g/mol. The van der Waals surface area contributed by atoms with Crippen LogP contribution in [-0.2, 0) is 11.2 Å². The second-order valence-corrected chi connectivity index (χ2v) is 5.83. The number of ether oxygens (including phenoxy) is 1. The van der Waals surface area contributed by atoms with Gasteiger partial charge in [0, 0.05) is 13.0 Å². The highest BCUT2D eigenvalue weighted by molar-refractivity contribution is 5.18. The van der Waals surface area contributed by atoms with E-state index in [1.807, 2.05) is 13.0 Å². The number of hydrogen-bond acceptors (Lipinski definition) is 2. The minimum Gasteiger partial charge on any atom is -0.390 e. The maximum Gasteiger partial charge on any atom is 0.123 e. The molecule has 0 spiro atoms. The van der Waals surface area contributed by atoms with E-state index in [1.165, 1.54) is 12.1 Å². The average Bonchev–Trinajstić information content (AvgIpc) is 2.81. The summed E-state index contributed by atoms with van der Waals surface area (Å²) < 4.78 is 18.7. The molecular formula is C16H23FO2. The van der Waals surface area contributed by atoms with Crippen LogP contribution in [0.4, 0.5) is 4.39 Å². The number of benzene rings is 1. The summed E-state index contributed by atoms with van der Waals surface area (Å²) in [6, 6.07) is 6.47. The predicted octanol–water partition coefficient (Wildman–Crippen LogP) is 3.47. The molecule has 0 amide bonds. The summed E-state index contributed by atoms with van der Waals surface area (Å²) in [5, 5.41) is 10.4. The number of aliphatic hydroxyl groups is 1. The van der Waals surface area contributed by atoms with Gasteiger partial charge < -0.3 is 9.84 Å². The van der Waals surface area contributed by atoms with E-state index in [0.29, 0.717) is 12.5 Å². The van der Waals surface area contributed by atoms with Crippen molar-refractivity contribution >= 4 is 0 Å². The molecule has 0 saturated carbocycles. The lowest BCUT2D eigenvalue weighted by atomic mass is 9.90. The van der Waals surface area contributed by atoms with E-state index in [0.717, 1.165) is 44.3 Å². The number of hydrogen-bond donors (Lipinski definition) is 1. The third kappa shape index (κ3) is 4.92. The zero-order chi connectivity index (χ0) is 13.7. The van der Waals surface area contributed by atoms with Crippen molar-refractivity contribution in [1.82, 2.24) is 0 Å². The van der Waals surface area contributed by atoms with Crippen LogP contribution >= 0.6 is 0 Å². The van der Waals surface area contributed by atoms with Crippen molar-refractivity contribution in [3.63, 3.8) is 0 Å². The third-order valence-electron chi connectivity index (χ3n) is 3.74. The minimum atomic E-state index is -0.771. The molecule has 1 heterocycles. The minimum absolute atomic E-state index is 0.243. The molecule has 1 aliphatic heterocycles. The smallest absolute Gasteiger partial charge is 0.123 e. The summed E-state index contributed by atoms with van der Waals surface area (Å²) in [4.78, 5) is 0. The molecule has 1 aromatic carbocycles. The van der Waals surface area contributed by atoms with Crippen molar-refractivity contribution in [3.8, 4) is 0 Å². The van der Waals surface area contributed by atoms with Crippen molar-refractivity contribution < 1.29 is 14.2 Å². The summed E-state index contributed by atoms with van der Waals surface area (Å²) in [7, 11) is 0. The Labute approximate surface area is 114 Å². The summed E-state index contributed by atoms with van der Waals surface area (Å²) in [5.41, 5.74) is 0.0778. The third-order valence-corrected chi connectivity index (χ3v) is 3.74. The Balaban J connectivity index is 1.77. The fourth-order valence-electron chi connectivity index (χ4n) is 2.76. The Hall–Kier alpha value is -0.930. The molecule has 3 heteroatoms. The SMILES string of the molecule is CC(O)(CCCC1CCCO1)Cc1cccc(F)c1. The first kappa shape index (κ1) is 14.5. The lowest BCUT2D eigenvalue weighted by Crippen LogP contribution is -2.27. The van der Waals surface area contributed by atoms with Gasteiger partial charge >= 0.3 is 0 Å². The Morgan fingerprint density at radius 2 is 2.32 bits per heavy atom. The highest BCUT2D eigenvalue weighted by Crippen LogP contribution is 2.23. The monoisotopic (exact) mass is 266 g/mol. The van der Waals surface area contributed by atoms with E-state index in [2.05, 4.69) is 0 Å². The number of halogens is 1. The molecule has 0 aliphatic carbocycles. The molecule has 2 unspecified atom stereocenters. The molecule has 19 heavy (non-hydrogen) atoms. The topological polar surface area (TPSA) is 29.5 Å². The summed E-state index contributed by atoms with van der Waals surface area (Å²) in [6.45, 7) is 2.71. The van der Waals surface area contributed by atoms with Gasteiger partial charge in [-0.2, -0.15) is 0 Å². The van der Waals surface area contributed by atoms with E-state index in [4.69, 9.17) is 4.74 Å². The van der Waals surface area contributed by atoms with Gasteiger partial charge in [0.2, 0.25) is 0 Å². The van der Waals surface area contributed by atoms with Crippen LogP contribution in [-0.4, -0.2) is 23.4 Å². The van der Waals surface area contributed by atoms with Gasteiger partial charge in [0.05, 0.1) is 11.7 Å². The second kappa shape index (κ2) is 6.49. The van der Waals surface area contributed by atoms with E-state index in [9.17, 15) is 9.50 Å². The molecule has 1 N–H and O–H groups in total. The van der Waals surface area contributed by atoms with Gasteiger partial charge in [-0.15, -0.1) is 0 Å². The van der Waals surface area contributed by atoms with Crippen LogP contribution in [0.1, 0.15) is 44.6 Å². The van der Waals surface area contributed by atoms with Crippen LogP contribution in [0, 0.1) is 5.82 Å². The molecule has 2 rings (SSSR count). The molecule has 1 aliphatic rings. The molecule has 1 saturated heterocycles. The lowest BCUT2D eigenvalue weighted by Gasteiger charge is -2.24.